The molecule has 1 aliphatic heterocycles. The van der Waals surface area contributed by atoms with Gasteiger partial charge in [0.05, 0.1) is 18.2 Å². The highest BCUT2D eigenvalue weighted by Crippen LogP contribution is 2.32. The molecule has 1 atom stereocenters. The van der Waals surface area contributed by atoms with Crippen LogP contribution in [0, 0.1) is 6.92 Å². The van der Waals surface area contributed by atoms with Crippen molar-refractivity contribution in [2.24, 2.45) is 0 Å². The van der Waals surface area contributed by atoms with E-state index in [-0.39, 0.29) is 25.3 Å². The number of methoxy groups -OCH3 is 1. The van der Waals surface area contributed by atoms with E-state index in [0.29, 0.717) is 34.8 Å². The Bertz CT molecular complexity index is 1080. The number of anilines is 2. The second kappa shape index (κ2) is 12.0. The van der Waals surface area contributed by atoms with Crippen molar-refractivity contribution < 1.29 is 23.9 Å². The second-order valence-corrected chi connectivity index (χ2v) is 8.23. The Morgan fingerprint density at radius 3 is 2.14 bits per heavy atom. The maximum Gasteiger partial charge on any atom is 0.338 e. The fourth-order valence-corrected chi connectivity index (χ4v) is 3.77. The van der Waals surface area contributed by atoms with E-state index in [1.54, 1.807) is 36.1 Å². The number of hydrogen-bond donors (Lipinski definition) is 3. The zero-order chi connectivity index (χ0) is 25.4. The molecule has 2 aromatic rings. The first-order chi connectivity index (χ1) is 16.8. The Balaban J connectivity index is 1.78. The van der Waals surface area contributed by atoms with E-state index in [1.165, 1.54) is 7.11 Å². The predicted molar refractivity (Wildman–Crippen MR) is 134 cm³/mol. The van der Waals surface area contributed by atoms with E-state index < -0.39 is 12.0 Å². The summed E-state index contributed by atoms with van der Waals surface area (Å²) in [7, 11) is 1.53. The van der Waals surface area contributed by atoms with E-state index in [0.717, 1.165) is 12.0 Å². The number of amides is 4. The van der Waals surface area contributed by atoms with Crippen LogP contribution in [-0.2, 0) is 14.3 Å². The molecule has 1 unspecified atom stereocenters. The van der Waals surface area contributed by atoms with Crippen LogP contribution in [0.3, 0.4) is 0 Å². The number of urea groups is 2. The Kier molecular flexibility index (Phi) is 8.86. The van der Waals surface area contributed by atoms with Gasteiger partial charge in [-0.2, -0.15) is 0 Å². The van der Waals surface area contributed by atoms with Gasteiger partial charge in [-0.25, -0.2) is 14.4 Å². The van der Waals surface area contributed by atoms with Crippen molar-refractivity contribution in [2.45, 2.75) is 33.2 Å². The van der Waals surface area contributed by atoms with Gasteiger partial charge in [-0.1, -0.05) is 36.8 Å². The average molecular weight is 481 g/mol. The summed E-state index contributed by atoms with van der Waals surface area (Å²) >= 11 is 0. The summed E-state index contributed by atoms with van der Waals surface area (Å²) in [5.41, 5.74) is 3.97. The molecule has 3 N–H and O–H groups in total. The monoisotopic (exact) mass is 480 g/mol. The highest BCUT2D eigenvalue weighted by atomic mass is 16.6. The van der Waals surface area contributed by atoms with Crippen molar-refractivity contribution >= 4 is 29.4 Å². The maximum absolute atomic E-state index is 13.0. The number of carbonyl (C=O) groups excluding carboxylic acids is 3. The molecule has 186 valence electrons. The molecule has 35 heavy (non-hydrogen) atoms. The fourth-order valence-electron chi connectivity index (χ4n) is 3.77. The number of carbonyl (C=O) groups is 3. The number of allylic oxidation sites excluding steroid dienone is 1. The van der Waals surface area contributed by atoms with Crippen LogP contribution in [0.5, 0.6) is 0 Å². The van der Waals surface area contributed by atoms with Gasteiger partial charge in [0.1, 0.15) is 6.61 Å². The van der Waals surface area contributed by atoms with Gasteiger partial charge in [0.2, 0.25) is 0 Å². The summed E-state index contributed by atoms with van der Waals surface area (Å²) in [5, 5.41) is 8.47. The van der Waals surface area contributed by atoms with Gasteiger partial charge < -0.3 is 25.4 Å². The molecule has 1 aliphatic rings. The van der Waals surface area contributed by atoms with Crippen molar-refractivity contribution in [2.75, 3.05) is 37.5 Å². The number of nitrogens with one attached hydrogen (secondary N) is 3. The minimum Gasteiger partial charge on any atom is -0.460 e. The molecule has 0 bridgehead atoms. The van der Waals surface area contributed by atoms with Crippen molar-refractivity contribution in [3.05, 3.63) is 70.9 Å². The van der Waals surface area contributed by atoms with Gasteiger partial charge in [-0.15, -0.1) is 0 Å². The zero-order valence-corrected chi connectivity index (χ0v) is 20.5. The highest BCUT2D eigenvalue weighted by Gasteiger charge is 2.36. The summed E-state index contributed by atoms with van der Waals surface area (Å²) in [5.74, 6) is -0.509. The zero-order valence-electron chi connectivity index (χ0n) is 20.5. The van der Waals surface area contributed by atoms with Gasteiger partial charge in [-0.3, -0.25) is 4.90 Å². The van der Waals surface area contributed by atoms with Crippen LogP contribution in [0.1, 0.15) is 37.4 Å². The number of ether oxygens (including phenoxy) is 2. The van der Waals surface area contributed by atoms with Gasteiger partial charge >= 0.3 is 18.0 Å². The lowest BCUT2D eigenvalue weighted by Crippen LogP contribution is -2.48. The van der Waals surface area contributed by atoms with Crippen molar-refractivity contribution in [1.82, 2.24) is 10.2 Å². The number of nitrogens with zero attached hydrogens (tertiary/aromatic N) is 1. The molecule has 1 heterocycles. The summed E-state index contributed by atoms with van der Waals surface area (Å²) in [4.78, 5) is 39.6. The molecule has 3 rings (SSSR count). The smallest absolute Gasteiger partial charge is 0.338 e. The molecular formula is C26H32N4O5. The van der Waals surface area contributed by atoms with Crippen LogP contribution < -0.4 is 16.0 Å². The molecule has 0 aromatic heterocycles. The SMILES string of the molecule is CCCN1C(=O)NC(c2ccc(NC(=O)Nc3ccc(C)cc3)cc2)C(C(=O)OCCOC)=C1C. The number of benzene rings is 2. The molecule has 4 amide bonds. The van der Waals surface area contributed by atoms with Crippen LogP contribution in [-0.4, -0.2) is 49.8 Å². The van der Waals surface area contributed by atoms with Crippen LogP contribution in [0.15, 0.2) is 59.8 Å². The number of aryl methyl sites for hydroxylation is 1. The third kappa shape index (κ3) is 6.60. The third-order valence-corrected chi connectivity index (χ3v) is 5.60. The maximum atomic E-state index is 13.0. The first-order valence-corrected chi connectivity index (χ1v) is 11.5. The van der Waals surface area contributed by atoms with Crippen molar-refractivity contribution in [1.29, 1.82) is 0 Å². The van der Waals surface area contributed by atoms with Gasteiger partial charge in [0, 0.05) is 30.7 Å². The molecule has 9 heteroatoms. The summed E-state index contributed by atoms with van der Waals surface area (Å²) < 4.78 is 10.4. The van der Waals surface area contributed by atoms with Gasteiger partial charge in [0.25, 0.3) is 0 Å². The minimum atomic E-state index is -0.680. The minimum absolute atomic E-state index is 0.111. The van der Waals surface area contributed by atoms with E-state index in [9.17, 15) is 14.4 Å². The quantitative estimate of drug-likeness (QED) is 0.360. The molecule has 0 radical (unpaired) electrons. The lowest BCUT2D eigenvalue weighted by Gasteiger charge is -2.35. The molecular weight excluding hydrogens is 448 g/mol. The van der Waals surface area contributed by atoms with Gasteiger partial charge in [-0.05, 0) is 50.1 Å². The van der Waals surface area contributed by atoms with E-state index in [1.807, 2.05) is 38.1 Å². The number of rotatable bonds is 9. The first-order valence-electron chi connectivity index (χ1n) is 11.5. The fraction of sp³-hybridized carbons (Fsp3) is 0.346. The standard InChI is InChI=1S/C26H32N4O5/c1-5-14-30-18(3)22(24(31)35-16-15-34-4)23(29-26(30)33)19-8-12-21(13-9-19)28-25(32)27-20-10-6-17(2)7-11-20/h6-13,23H,5,14-16H2,1-4H3,(H,29,33)(H2,27,28,32). The second-order valence-electron chi connectivity index (χ2n) is 8.23. The Morgan fingerprint density at radius 2 is 1.57 bits per heavy atom. The van der Waals surface area contributed by atoms with E-state index >= 15 is 0 Å². The first kappa shape index (κ1) is 25.8. The lowest BCUT2D eigenvalue weighted by molar-refractivity contribution is -0.140. The van der Waals surface area contributed by atoms with Crippen molar-refractivity contribution in [3.8, 4) is 0 Å². The topological polar surface area (TPSA) is 109 Å². The van der Waals surface area contributed by atoms with Crippen LogP contribution in [0.25, 0.3) is 0 Å². The molecule has 0 aliphatic carbocycles. The molecule has 0 saturated carbocycles. The van der Waals surface area contributed by atoms with Gasteiger partial charge in [0.15, 0.2) is 0 Å². The normalized spacial score (nSPS) is 15.5. The molecule has 0 saturated heterocycles. The van der Waals surface area contributed by atoms with Crippen molar-refractivity contribution in [3.63, 3.8) is 0 Å². The van der Waals surface area contributed by atoms with E-state index in [2.05, 4.69) is 16.0 Å². The molecule has 2 aromatic carbocycles. The average Bonchev–Trinajstić information content (AvgIpc) is 2.83. The predicted octanol–water partition coefficient (Wildman–Crippen LogP) is 4.58. The number of hydrogen-bond acceptors (Lipinski definition) is 5. The largest absolute Gasteiger partial charge is 0.460 e. The molecule has 9 nitrogen and oxygen atoms in total. The van der Waals surface area contributed by atoms with E-state index in [4.69, 9.17) is 9.47 Å². The molecule has 0 fully saturated rings. The number of esters is 1. The Hall–Kier alpha value is -3.85. The summed E-state index contributed by atoms with van der Waals surface area (Å²) in [6, 6.07) is 13.1. The van der Waals surface area contributed by atoms with Crippen LogP contribution >= 0.6 is 0 Å². The Morgan fingerprint density at radius 1 is 0.971 bits per heavy atom. The van der Waals surface area contributed by atoms with Crippen LogP contribution in [0.2, 0.25) is 0 Å². The summed E-state index contributed by atoms with van der Waals surface area (Å²) in [6.45, 7) is 6.56. The lowest BCUT2D eigenvalue weighted by atomic mass is 9.94. The third-order valence-electron chi connectivity index (χ3n) is 5.60. The summed E-state index contributed by atoms with van der Waals surface area (Å²) in [6.07, 6.45) is 0.743. The molecule has 0 spiro atoms. The van der Waals surface area contributed by atoms with Crippen LogP contribution in [0.4, 0.5) is 21.0 Å². The Labute approximate surface area is 205 Å². The highest BCUT2D eigenvalue weighted by molar-refractivity contribution is 6.00.